The fourth-order valence-electron chi connectivity index (χ4n) is 2.97. The molecule has 138 valence electrons. The van der Waals surface area contributed by atoms with Crippen LogP contribution >= 0.6 is 11.6 Å². The molecule has 1 heterocycles. The van der Waals surface area contributed by atoms with Gasteiger partial charge in [-0.2, -0.15) is 0 Å². The summed E-state index contributed by atoms with van der Waals surface area (Å²) in [5.41, 5.74) is 1.82. The highest BCUT2D eigenvalue weighted by Crippen LogP contribution is 2.26. The molecule has 1 N–H and O–H groups in total. The van der Waals surface area contributed by atoms with E-state index in [1.807, 2.05) is 24.3 Å². The Labute approximate surface area is 158 Å². The number of anilines is 2. The van der Waals surface area contributed by atoms with E-state index in [2.05, 4.69) is 9.62 Å². The van der Waals surface area contributed by atoms with Crippen LogP contribution in [0.2, 0.25) is 5.02 Å². The number of amides is 1. The Hall–Kier alpha value is -2.25. The molecular formula is C18H20ClN3O3S. The van der Waals surface area contributed by atoms with Crippen LogP contribution in [-0.4, -0.2) is 51.7 Å². The van der Waals surface area contributed by atoms with Crippen molar-refractivity contribution in [3.63, 3.8) is 0 Å². The first kappa shape index (κ1) is 18.5. The monoisotopic (exact) mass is 393 g/mol. The van der Waals surface area contributed by atoms with Crippen LogP contribution in [0.1, 0.15) is 10.4 Å². The predicted molar refractivity (Wildman–Crippen MR) is 104 cm³/mol. The maximum atomic E-state index is 12.7. The maximum Gasteiger partial charge on any atom is 0.254 e. The van der Waals surface area contributed by atoms with Crippen LogP contribution in [0.15, 0.2) is 48.5 Å². The van der Waals surface area contributed by atoms with Crippen molar-refractivity contribution < 1.29 is 13.2 Å². The van der Waals surface area contributed by atoms with Crippen LogP contribution in [0.5, 0.6) is 0 Å². The number of benzene rings is 2. The molecular weight excluding hydrogens is 374 g/mol. The van der Waals surface area contributed by atoms with Crippen molar-refractivity contribution in [3.05, 3.63) is 59.1 Å². The van der Waals surface area contributed by atoms with Crippen LogP contribution in [0.25, 0.3) is 0 Å². The second-order valence-electron chi connectivity index (χ2n) is 6.19. The van der Waals surface area contributed by atoms with E-state index in [-0.39, 0.29) is 5.91 Å². The third kappa shape index (κ3) is 4.47. The average Bonchev–Trinajstić information content (AvgIpc) is 2.60. The SMILES string of the molecule is CS(=O)(=O)Nc1cccc(C(=O)N2CCN(c3ccccc3Cl)CC2)c1. The highest BCUT2D eigenvalue weighted by Gasteiger charge is 2.23. The molecule has 8 heteroatoms. The zero-order valence-electron chi connectivity index (χ0n) is 14.4. The summed E-state index contributed by atoms with van der Waals surface area (Å²) in [6.07, 6.45) is 1.08. The van der Waals surface area contributed by atoms with Gasteiger partial charge in [-0.15, -0.1) is 0 Å². The molecule has 0 unspecified atom stereocenters. The first-order valence-corrected chi connectivity index (χ1v) is 10.5. The van der Waals surface area contributed by atoms with E-state index in [4.69, 9.17) is 11.6 Å². The topological polar surface area (TPSA) is 69.7 Å². The van der Waals surface area contributed by atoms with E-state index in [0.29, 0.717) is 42.5 Å². The molecule has 2 aromatic rings. The lowest BCUT2D eigenvalue weighted by atomic mass is 10.1. The Kier molecular flexibility index (Phi) is 5.38. The zero-order chi connectivity index (χ0) is 18.7. The van der Waals surface area contributed by atoms with Crippen molar-refractivity contribution in [2.75, 3.05) is 42.1 Å². The third-order valence-corrected chi connectivity index (χ3v) is 5.10. The first-order valence-electron chi connectivity index (χ1n) is 8.20. The molecule has 1 amide bonds. The molecule has 0 radical (unpaired) electrons. The van der Waals surface area contributed by atoms with Gasteiger partial charge in [-0.1, -0.05) is 29.8 Å². The average molecular weight is 394 g/mol. The van der Waals surface area contributed by atoms with Crippen molar-refractivity contribution in [3.8, 4) is 0 Å². The fourth-order valence-corrected chi connectivity index (χ4v) is 3.78. The number of sulfonamides is 1. The molecule has 0 spiro atoms. The molecule has 1 fully saturated rings. The molecule has 3 rings (SSSR count). The van der Waals surface area contributed by atoms with E-state index in [1.165, 1.54) is 0 Å². The van der Waals surface area contributed by atoms with E-state index in [1.54, 1.807) is 29.2 Å². The van der Waals surface area contributed by atoms with Crippen LogP contribution in [0, 0.1) is 0 Å². The van der Waals surface area contributed by atoms with Crippen LogP contribution in [0.4, 0.5) is 11.4 Å². The number of halogens is 1. The Bertz CT molecular complexity index is 909. The number of para-hydroxylation sites is 1. The number of nitrogens with zero attached hydrogens (tertiary/aromatic N) is 2. The molecule has 0 aliphatic carbocycles. The number of carbonyl (C=O) groups is 1. The number of nitrogens with one attached hydrogen (secondary N) is 1. The van der Waals surface area contributed by atoms with Crippen molar-refractivity contribution in [1.29, 1.82) is 0 Å². The Morgan fingerprint density at radius 3 is 2.38 bits per heavy atom. The minimum absolute atomic E-state index is 0.110. The fraction of sp³-hybridized carbons (Fsp3) is 0.278. The second-order valence-corrected chi connectivity index (χ2v) is 8.34. The van der Waals surface area contributed by atoms with Crippen LogP contribution in [0.3, 0.4) is 0 Å². The summed E-state index contributed by atoms with van der Waals surface area (Å²) in [4.78, 5) is 16.7. The largest absolute Gasteiger partial charge is 0.367 e. The van der Waals surface area contributed by atoms with Gasteiger partial charge in [-0.25, -0.2) is 8.42 Å². The van der Waals surface area contributed by atoms with Crippen molar-refractivity contribution in [2.24, 2.45) is 0 Å². The molecule has 0 bridgehead atoms. The summed E-state index contributed by atoms with van der Waals surface area (Å²) in [6, 6.07) is 14.2. The zero-order valence-corrected chi connectivity index (χ0v) is 15.9. The first-order chi connectivity index (χ1) is 12.3. The number of rotatable bonds is 4. The van der Waals surface area contributed by atoms with E-state index >= 15 is 0 Å². The lowest BCUT2D eigenvalue weighted by Crippen LogP contribution is -2.48. The van der Waals surface area contributed by atoms with E-state index in [0.717, 1.165) is 11.9 Å². The Morgan fingerprint density at radius 1 is 1.04 bits per heavy atom. The van der Waals surface area contributed by atoms with Gasteiger partial charge in [0.1, 0.15) is 0 Å². The Morgan fingerprint density at radius 2 is 1.73 bits per heavy atom. The van der Waals surface area contributed by atoms with Gasteiger partial charge >= 0.3 is 0 Å². The minimum Gasteiger partial charge on any atom is -0.367 e. The highest BCUT2D eigenvalue weighted by molar-refractivity contribution is 7.92. The van der Waals surface area contributed by atoms with Gasteiger partial charge in [0.05, 0.1) is 17.0 Å². The van der Waals surface area contributed by atoms with Gasteiger partial charge in [0.25, 0.3) is 5.91 Å². The molecule has 0 atom stereocenters. The summed E-state index contributed by atoms with van der Waals surface area (Å²) >= 11 is 6.24. The predicted octanol–water partition coefficient (Wildman–Crippen LogP) is 2.67. The normalized spacial score (nSPS) is 15.0. The van der Waals surface area contributed by atoms with Gasteiger partial charge < -0.3 is 9.80 Å². The number of hydrogen-bond acceptors (Lipinski definition) is 4. The molecule has 1 aliphatic rings. The lowest BCUT2D eigenvalue weighted by Gasteiger charge is -2.36. The summed E-state index contributed by atoms with van der Waals surface area (Å²) in [5, 5.41) is 0.701. The number of piperazine rings is 1. The van der Waals surface area contributed by atoms with E-state index < -0.39 is 10.0 Å². The quantitative estimate of drug-likeness (QED) is 0.867. The van der Waals surface area contributed by atoms with E-state index in [9.17, 15) is 13.2 Å². The molecule has 0 saturated carbocycles. The van der Waals surface area contributed by atoms with Crippen LogP contribution < -0.4 is 9.62 Å². The molecule has 1 aliphatic heterocycles. The third-order valence-electron chi connectivity index (χ3n) is 4.17. The van der Waals surface area contributed by atoms with Gasteiger partial charge in [0.15, 0.2) is 0 Å². The molecule has 1 saturated heterocycles. The van der Waals surface area contributed by atoms with Crippen molar-refractivity contribution in [2.45, 2.75) is 0 Å². The van der Waals surface area contributed by atoms with Gasteiger partial charge in [-0.05, 0) is 30.3 Å². The standard InChI is InChI=1S/C18H20ClN3O3S/c1-26(24,25)20-15-6-4-5-14(13-15)18(23)22-11-9-21(10-12-22)17-8-3-2-7-16(17)19/h2-8,13,20H,9-12H2,1H3. The Balaban J connectivity index is 1.67. The van der Waals surface area contributed by atoms with Gasteiger partial charge in [0.2, 0.25) is 10.0 Å². The molecule has 26 heavy (non-hydrogen) atoms. The number of carbonyl (C=O) groups excluding carboxylic acids is 1. The summed E-state index contributed by atoms with van der Waals surface area (Å²) in [6.45, 7) is 2.54. The highest BCUT2D eigenvalue weighted by atomic mass is 35.5. The minimum atomic E-state index is -3.38. The van der Waals surface area contributed by atoms with Crippen molar-refractivity contribution in [1.82, 2.24) is 4.90 Å². The van der Waals surface area contributed by atoms with Gasteiger partial charge in [0, 0.05) is 37.4 Å². The summed E-state index contributed by atoms with van der Waals surface area (Å²) in [5.74, 6) is -0.110. The molecule has 0 aromatic heterocycles. The molecule has 6 nitrogen and oxygen atoms in total. The maximum absolute atomic E-state index is 12.7. The smallest absolute Gasteiger partial charge is 0.254 e. The summed E-state index contributed by atoms with van der Waals surface area (Å²) < 4.78 is 25.1. The van der Waals surface area contributed by atoms with Crippen molar-refractivity contribution >= 4 is 38.9 Å². The lowest BCUT2D eigenvalue weighted by molar-refractivity contribution is 0.0747. The van der Waals surface area contributed by atoms with Crippen LogP contribution in [-0.2, 0) is 10.0 Å². The second kappa shape index (κ2) is 7.55. The number of hydrogen-bond donors (Lipinski definition) is 1. The van der Waals surface area contributed by atoms with Gasteiger partial charge in [-0.3, -0.25) is 9.52 Å². The molecule has 2 aromatic carbocycles. The summed E-state index contributed by atoms with van der Waals surface area (Å²) in [7, 11) is -3.38.